The van der Waals surface area contributed by atoms with Crippen LogP contribution in [0.1, 0.15) is 89.9 Å². The summed E-state index contributed by atoms with van der Waals surface area (Å²) < 4.78 is 5.06. The number of piperazine rings is 1. The zero-order chi connectivity index (χ0) is 24.8. The van der Waals surface area contributed by atoms with Crippen LogP contribution < -0.4 is 5.73 Å². The summed E-state index contributed by atoms with van der Waals surface area (Å²) in [7, 11) is 1.33. The summed E-state index contributed by atoms with van der Waals surface area (Å²) in [6.07, 6.45) is 12.2. The lowest BCUT2D eigenvalue weighted by molar-refractivity contribution is -0.269. The van der Waals surface area contributed by atoms with Crippen LogP contribution in [-0.2, 0) is 19.2 Å². The number of hydrogen-bond donors (Lipinski definition) is 1. The van der Waals surface area contributed by atoms with E-state index in [-0.39, 0.29) is 18.4 Å². The molecule has 4 fully saturated rings. The Labute approximate surface area is 209 Å². The van der Waals surface area contributed by atoms with Crippen LogP contribution in [-0.4, -0.2) is 77.8 Å². The number of nitrogens with two attached hydrogens (primary N) is 1. The summed E-state index contributed by atoms with van der Waals surface area (Å²) in [5, 5.41) is 1.24. The minimum Gasteiger partial charge on any atom is -0.451 e. The molecule has 9 heteroatoms. The smallest absolute Gasteiger partial charge is 0.435 e. The number of unbranched alkanes of at least 4 members (excludes halogenated alkanes) is 1. The molecule has 0 bridgehead atoms. The third-order valence-electron chi connectivity index (χ3n) is 8.44. The van der Waals surface area contributed by atoms with E-state index in [1.807, 2.05) is 4.90 Å². The minimum atomic E-state index is -0.761. The fourth-order valence-electron chi connectivity index (χ4n) is 6.53. The molecule has 2 N–H and O–H groups in total. The molecule has 0 aromatic carbocycles. The molecule has 9 nitrogen and oxygen atoms in total. The minimum absolute atomic E-state index is 0.000303. The average molecular weight is 493 g/mol. The van der Waals surface area contributed by atoms with Gasteiger partial charge < -0.3 is 20.3 Å². The number of hydrogen-bond acceptors (Lipinski definition) is 6. The van der Waals surface area contributed by atoms with E-state index in [1.165, 1.54) is 37.9 Å². The monoisotopic (exact) mass is 492 g/mol. The van der Waals surface area contributed by atoms with Gasteiger partial charge in [-0.3, -0.25) is 14.4 Å². The molecule has 2 saturated carbocycles. The summed E-state index contributed by atoms with van der Waals surface area (Å²) in [4.78, 5) is 50.0. The fraction of sp³-hybridized carbons (Fsp3) is 0.885. The summed E-state index contributed by atoms with van der Waals surface area (Å²) >= 11 is 0. The van der Waals surface area contributed by atoms with Crippen molar-refractivity contribution in [1.82, 2.24) is 14.9 Å². The molecular formula is C26H44N4O5. The van der Waals surface area contributed by atoms with Crippen LogP contribution in [0.3, 0.4) is 0 Å². The zero-order valence-corrected chi connectivity index (χ0v) is 21.4. The molecular weight excluding hydrogens is 448 g/mol. The van der Waals surface area contributed by atoms with Crippen molar-refractivity contribution in [2.45, 2.75) is 108 Å². The highest BCUT2D eigenvalue weighted by atomic mass is 16.7. The van der Waals surface area contributed by atoms with Crippen molar-refractivity contribution >= 4 is 17.9 Å². The highest BCUT2D eigenvalue weighted by Crippen LogP contribution is 2.35. The standard InChI is InChI=1S/C26H44N4O5/c1-34-26(33)30-23-18-28(17-20-12-6-3-7-13-20)24(31)21(14-8-9-15-27)29(23)25(32)22(35-30)16-19-10-4-2-5-11-19/h19-23H,2-18,27H2,1H3/t21-,22+,23?/m0/s1. The van der Waals surface area contributed by atoms with Crippen molar-refractivity contribution in [3.05, 3.63) is 0 Å². The number of rotatable bonds is 8. The van der Waals surface area contributed by atoms with Gasteiger partial charge in [-0.15, -0.1) is 0 Å². The summed E-state index contributed by atoms with van der Waals surface area (Å²) in [5.74, 6) is 0.701. The van der Waals surface area contributed by atoms with Crippen molar-refractivity contribution in [3.8, 4) is 0 Å². The maximum absolute atomic E-state index is 13.8. The molecule has 2 aliphatic carbocycles. The SMILES string of the molecule is COC(=O)N1O[C@H](CC2CCCCC2)C(=O)N2C1CN(CC1CCCCC1)C(=O)[C@@H]2CCCCN. The number of nitrogens with zero attached hydrogens (tertiary/aromatic N) is 3. The van der Waals surface area contributed by atoms with Crippen LogP contribution in [0.4, 0.5) is 4.79 Å². The predicted octanol–water partition coefficient (Wildman–Crippen LogP) is 3.41. The molecule has 0 radical (unpaired) electrons. The molecule has 3 amide bonds. The van der Waals surface area contributed by atoms with E-state index < -0.39 is 24.4 Å². The van der Waals surface area contributed by atoms with E-state index in [0.29, 0.717) is 37.8 Å². The molecule has 4 rings (SSSR count). The van der Waals surface area contributed by atoms with Gasteiger partial charge in [0.2, 0.25) is 5.91 Å². The van der Waals surface area contributed by atoms with Crippen LogP contribution in [0.5, 0.6) is 0 Å². The largest absolute Gasteiger partial charge is 0.451 e. The number of hydroxylamine groups is 2. The molecule has 2 heterocycles. The second-order valence-corrected chi connectivity index (χ2v) is 10.9. The van der Waals surface area contributed by atoms with Crippen molar-refractivity contribution in [3.63, 3.8) is 0 Å². The van der Waals surface area contributed by atoms with Crippen LogP contribution in [0.15, 0.2) is 0 Å². The van der Waals surface area contributed by atoms with Gasteiger partial charge in [0.05, 0.1) is 13.7 Å². The van der Waals surface area contributed by atoms with Gasteiger partial charge >= 0.3 is 6.09 Å². The maximum atomic E-state index is 13.8. The normalized spacial score (nSPS) is 28.9. The van der Waals surface area contributed by atoms with Gasteiger partial charge in [-0.1, -0.05) is 51.4 Å². The van der Waals surface area contributed by atoms with Crippen molar-refractivity contribution in [1.29, 1.82) is 0 Å². The van der Waals surface area contributed by atoms with Gasteiger partial charge in [0.1, 0.15) is 6.04 Å². The molecule has 35 heavy (non-hydrogen) atoms. The number of ether oxygens (including phenoxy) is 1. The number of methoxy groups -OCH3 is 1. The van der Waals surface area contributed by atoms with Crippen LogP contribution >= 0.6 is 0 Å². The van der Waals surface area contributed by atoms with Gasteiger partial charge in [-0.05, 0) is 56.9 Å². The number of carbonyl (C=O) groups excluding carboxylic acids is 3. The first kappa shape index (κ1) is 26.2. The molecule has 198 valence electrons. The second-order valence-electron chi connectivity index (χ2n) is 10.9. The lowest BCUT2D eigenvalue weighted by Gasteiger charge is -2.53. The lowest BCUT2D eigenvalue weighted by Crippen LogP contribution is -2.73. The molecule has 2 saturated heterocycles. The predicted molar refractivity (Wildman–Crippen MR) is 131 cm³/mol. The molecule has 0 aromatic heterocycles. The summed E-state index contributed by atoms with van der Waals surface area (Å²) in [6, 6.07) is -0.596. The second kappa shape index (κ2) is 12.4. The summed E-state index contributed by atoms with van der Waals surface area (Å²) in [5.41, 5.74) is 5.73. The van der Waals surface area contributed by atoms with Crippen LogP contribution in [0.2, 0.25) is 0 Å². The molecule has 3 atom stereocenters. The fourth-order valence-corrected chi connectivity index (χ4v) is 6.53. The van der Waals surface area contributed by atoms with E-state index in [9.17, 15) is 14.4 Å². The Hall–Kier alpha value is -1.87. The Balaban J connectivity index is 1.58. The Kier molecular flexibility index (Phi) is 9.27. The Morgan fingerprint density at radius 2 is 1.63 bits per heavy atom. The van der Waals surface area contributed by atoms with Crippen molar-refractivity contribution < 1.29 is 24.0 Å². The van der Waals surface area contributed by atoms with E-state index in [4.69, 9.17) is 15.3 Å². The number of fused-ring (bicyclic) bond motifs is 1. The van der Waals surface area contributed by atoms with E-state index in [2.05, 4.69) is 0 Å². The van der Waals surface area contributed by atoms with Gasteiger partial charge in [0.25, 0.3) is 5.91 Å². The lowest BCUT2D eigenvalue weighted by atomic mass is 9.84. The molecule has 2 aliphatic heterocycles. The topological polar surface area (TPSA) is 105 Å². The maximum Gasteiger partial charge on any atom is 0.435 e. The molecule has 0 aromatic rings. The van der Waals surface area contributed by atoms with Gasteiger partial charge in [-0.2, -0.15) is 5.06 Å². The van der Waals surface area contributed by atoms with Crippen LogP contribution in [0.25, 0.3) is 0 Å². The van der Waals surface area contributed by atoms with Crippen molar-refractivity contribution in [2.24, 2.45) is 17.6 Å². The van der Waals surface area contributed by atoms with Crippen molar-refractivity contribution in [2.75, 3.05) is 26.7 Å². The third-order valence-corrected chi connectivity index (χ3v) is 8.44. The number of amides is 3. The van der Waals surface area contributed by atoms with E-state index in [0.717, 1.165) is 51.4 Å². The quantitative estimate of drug-likeness (QED) is 0.521. The Morgan fingerprint density at radius 3 is 2.26 bits per heavy atom. The van der Waals surface area contributed by atoms with Gasteiger partial charge in [0, 0.05) is 6.54 Å². The summed E-state index contributed by atoms with van der Waals surface area (Å²) in [6.45, 7) is 1.48. The molecule has 1 unspecified atom stereocenters. The third kappa shape index (κ3) is 6.10. The van der Waals surface area contributed by atoms with Gasteiger partial charge in [-0.25, -0.2) is 4.79 Å². The number of carbonyl (C=O) groups is 3. The van der Waals surface area contributed by atoms with E-state index in [1.54, 1.807) is 4.90 Å². The first-order chi connectivity index (χ1) is 17.0. The van der Waals surface area contributed by atoms with Gasteiger partial charge in [0.15, 0.2) is 12.3 Å². The van der Waals surface area contributed by atoms with E-state index >= 15 is 0 Å². The first-order valence-electron chi connectivity index (χ1n) is 13.9. The first-order valence-corrected chi connectivity index (χ1v) is 13.9. The highest BCUT2D eigenvalue weighted by Gasteiger charge is 2.53. The zero-order valence-electron chi connectivity index (χ0n) is 21.4. The Bertz CT molecular complexity index is 737. The average Bonchev–Trinajstić information content (AvgIpc) is 2.88. The highest BCUT2D eigenvalue weighted by molar-refractivity contribution is 5.92. The molecule has 0 spiro atoms. The Morgan fingerprint density at radius 1 is 0.971 bits per heavy atom. The van der Waals surface area contributed by atoms with Crippen LogP contribution in [0, 0.1) is 11.8 Å². The molecule has 4 aliphatic rings.